The number of rotatable bonds is 4. The van der Waals surface area contributed by atoms with E-state index in [4.69, 9.17) is 0 Å². The van der Waals surface area contributed by atoms with Gasteiger partial charge in [-0.2, -0.15) is 0 Å². The first-order valence-electron chi connectivity index (χ1n) is 6.37. The lowest BCUT2D eigenvalue weighted by molar-refractivity contribution is 0.228. The van der Waals surface area contributed by atoms with Crippen LogP contribution in [0.3, 0.4) is 0 Å². The van der Waals surface area contributed by atoms with E-state index in [0.29, 0.717) is 5.41 Å². The Kier molecular flexibility index (Phi) is 3.81. The summed E-state index contributed by atoms with van der Waals surface area (Å²) in [5, 5.41) is 0. The molecule has 0 aromatic rings. The van der Waals surface area contributed by atoms with E-state index in [2.05, 4.69) is 47.6 Å². The molecule has 0 aromatic heterocycles. The van der Waals surface area contributed by atoms with Gasteiger partial charge in [0, 0.05) is 0 Å². The van der Waals surface area contributed by atoms with Crippen LogP contribution in [0.5, 0.6) is 0 Å². The van der Waals surface area contributed by atoms with Gasteiger partial charge < -0.3 is 0 Å². The SMILES string of the molecule is CCC(CC)(C1=CCC(C)=C1C)C(C)C. The van der Waals surface area contributed by atoms with E-state index in [1.54, 1.807) is 16.7 Å². The van der Waals surface area contributed by atoms with Crippen molar-refractivity contribution in [1.29, 1.82) is 0 Å². The molecule has 0 spiro atoms. The largest absolute Gasteiger partial charge is 0.0764 e. The molecule has 1 aliphatic rings. The number of allylic oxidation sites excluding steroid dienone is 4. The predicted molar refractivity (Wildman–Crippen MR) is 68.9 cm³/mol. The van der Waals surface area contributed by atoms with Crippen LogP contribution < -0.4 is 0 Å². The standard InChI is InChI=1S/C15H26/c1-7-15(8-2,11(3)4)14-10-9-12(5)13(14)6/h10-11H,7-9H2,1-6H3. The van der Waals surface area contributed by atoms with E-state index in [1.807, 2.05) is 0 Å². The first-order valence-corrected chi connectivity index (χ1v) is 6.37. The van der Waals surface area contributed by atoms with Crippen LogP contribution >= 0.6 is 0 Å². The highest BCUT2D eigenvalue weighted by atomic mass is 14.4. The molecule has 0 bridgehead atoms. The van der Waals surface area contributed by atoms with Gasteiger partial charge in [-0.15, -0.1) is 0 Å². The van der Waals surface area contributed by atoms with E-state index in [1.165, 1.54) is 19.3 Å². The zero-order valence-electron chi connectivity index (χ0n) is 11.3. The molecule has 0 unspecified atom stereocenters. The molecule has 1 aliphatic carbocycles. The van der Waals surface area contributed by atoms with Crippen molar-refractivity contribution in [1.82, 2.24) is 0 Å². The van der Waals surface area contributed by atoms with Crippen LogP contribution in [0.25, 0.3) is 0 Å². The van der Waals surface area contributed by atoms with Crippen molar-refractivity contribution in [2.75, 3.05) is 0 Å². The normalized spacial score (nSPS) is 17.7. The highest BCUT2D eigenvalue weighted by Crippen LogP contribution is 2.48. The third-order valence-electron chi connectivity index (χ3n) is 4.56. The maximum absolute atomic E-state index is 2.47. The van der Waals surface area contributed by atoms with Gasteiger partial charge in [0.15, 0.2) is 0 Å². The molecule has 0 N–H and O–H groups in total. The molecule has 0 radical (unpaired) electrons. The van der Waals surface area contributed by atoms with Crippen molar-refractivity contribution in [3.63, 3.8) is 0 Å². The molecular formula is C15H26. The number of hydrogen-bond acceptors (Lipinski definition) is 0. The summed E-state index contributed by atoms with van der Waals surface area (Å²) >= 11 is 0. The smallest absolute Gasteiger partial charge is 0.00297 e. The number of hydrogen-bond donors (Lipinski definition) is 0. The topological polar surface area (TPSA) is 0 Å². The minimum atomic E-state index is 0.418. The molecular weight excluding hydrogens is 180 g/mol. The van der Waals surface area contributed by atoms with Crippen LogP contribution in [0.15, 0.2) is 22.8 Å². The van der Waals surface area contributed by atoms with Gasteiger partial charge in [-0.05, 0) is 55.6 Å². The van der Waals surface area contributed by atoms with Gasteiger partial charge in [-0.1, -0.05) is 39.3 Å². The lowest BCUT2D eigenvalue weighted by Gasteiger charge is -2.38. The van der Waals surface area contributed by atoms with Crippen molar-refractivity contribution in [3.05, 3.63) is 22.8 Å². The fraction of sp³-hybridized carbons (Fsp3) is 0.733. The van der Waals surface area contributed by atoms with Gasteiger partial charge in [-0.25, -0.2) is 0 Å². The zero-order chi connectivity index (χ0) is 11.6. The van der Waals surface area contributed by atoms with Crippen molar-refractivity contribution in [2.24, 2.45) is 11.3 Å². The van der Waals surface area contributed by atoms with E-state index >= 15 is 0 Å². The summed E-state index contributed by atoms with van der Waals surface area (Å²) in [6, 6.07) is 0. The van der Waals surface area contributed by atoms with Crippen LogP contribution in [-0.4, -0.2) is 0 Å². The zero-order valence-corrected chi connectivity index (χ0v) is 11.3. The molecule has 86 valence electrons. The third kappa shape index (κ3) is 1.91. The fourth-order valence-electron chi connectivity index (χ4n) is 3.13. The molecule has 15 heavy (non-hydrogen) atoms. The second-order valence-electron chi connectivity index (χ2n) is 5.25. The summed E-state index contributed by atoms with van der Waals surface area (Å²) < 4.78 is 0. The first kappa shape index (κ1) is 12.5. The summed E-state index contributed by atoms with van der Waals surface area (Å²) in [6.45, 7) is 14.0. The Labute approximate surface area is 95.5 Å². The molecule has 1 rings (SSSR count). The van der Waals surface area contributed by atoms with Gasteiger partial charge in [0.2, 0.25) is 0 Å². The minimum Gasteiger partial charge on any atom is -0.0764 e. The van der Waals surface area contributed by atoms with Crippen molar-refractivity contribution >= 4 is 0 Å². The van der Waals surface area contributed by atoms with Crippen LogP contribution in [0.2, 0.25) is 0 Å². The molecule has 0 heteroatoms. The van der Waals surface area contributed by atoms with Gasteiger partial charge >= 0.3 is 0 Å². The fourth-order valence-corrected chi connectivity index (χ4v) is 3.13. The molecule has 0 fully saturated rings. The Morgan fingerprint density at radius 1 is 1.20 bits per heavy atom. The van der Waals surface area contributed by atoms with Gasteiger partial charge in [0.05, 0.1) is 0 Å². The summed E-state index contributed by atoms with van der Waals surface area (Å²) in [5.74, 6) is 0.736. The second kappa shape index (κ2) is 4.55. The summed E-state index contributed by atoms with van der Waals surface area (Å²) in [7, 11) is 0. The van der Waals surface area contributed by atoms with E-state index < -0.39 is 0 Å². The van der Waals surface area contributed by atoms with E-state index in [9.17, 15) is 0 Å². The minimum absolute atomic E-state index is 0.418. The van der Waals surface area contributed by atoms with Crippen LogP contribution in [0.4, 0.5) is 0 Å². The predicted octanol–water partition coefficient (Wildman–Crippen LogP) is 5.12. The van der Waals surface area contributed by atoms with Crippen LogP contribution in [0, 0.1) is 11.3 Å². The molecule has 0 saturated heterocycles. The highest BCUT2D eigenvalue weighted by Gasteiger charge is 2.36. The lowest BCUT2D eigenvalue weighted by Crippen LogP contribution is -2.28. The van der Waals surface area contributed by atoms with Gasteiger partial charge in [0.25, 0.3) is 0 Å². The van der Waals surface area contributed by atoms with Crippen molar-refractivity contribution in [2.45, 2.75) is 60.8 Å². The summed E-state index contributed by atoms with van der Waals surface area (Å²) in [6.07, 6.45) is 6.17. The first-order chi connectivity index (χ1) is 6.99. The highest BCUT2D eigenvalue weighted by molar-refractivity contribution is 5.44. The summed E-state index contributed by atoms with van der Waals surface area (Å²) in [4.78, 5) is 0. The average Bonchev–Trinajstić information content (AvgIpc) is 2.52. The average molecular weight is 206 g/mol. The lowest BCUT2D eigenvalue weighted by atomic mass is 9.66. The molecule has 0 saturated carbocycles. The van der Waals surface area contributed by atoms with E-state index in [-0.39, 0.29) is 0 Å². The Balaban J connectivity index is 3.12. The Morgan fingerprint density at radius 2 is 1.73 bits per heavy atom. The van der Waals surface area contributed by atoms with Crippen LogP contribution in [0.1, 0.15) is 60.8 Å². The molecule has 0 heterocycles. The maximum atomic E-state index is 2.47. The molecule has 0 aliphatic heterocycles. The van der Waals surface area contributed by atoms with Crippen molar-refractivity contribution in [3.8, 4) is 0 Å². The Bertz CT molecular complexity index is 285. The Hall–Kier alpha value is -0.520. The molecule has 0 atom stereocenters. The van der Waals surface area contributed by atoms with Crippen LogP contribution in [-0.2, 0) is 0 Å². The van der Waals surface area contributed by atoms with Gasteiger partial charge in [-0.3, -0.25) is 0 Å². The maximum Gasteiger partial charge on any atom is -0.00297 e. The van der Waals surface area contributed by atoms with Crippen molar-refractivity contribution < 1.29 is 0 Å². The van der Waals surface area contributed by atoms with Gasteiger partial charge in [0.1, 0.15) is 0 Å². The second-order valence-corrected chi connectivity index (χ2v) is 5.25. The monoisotopic (exact) mass is 206 g/mol. The third-order valence-corrected chi connectivity index (χ3v) is 4.56. The Morgan fingerprint density at radius 3 is 2.00 bits per heavy atom. The van der Waals surface area contributed by atoms with E-state index in [0.717, 1.165) is 5.92 Å². The quantitative estimate of drug-likeness (QED) is 0.599. The molecule has 0 nitrogen and oxygen atoms in total. The molecule has 0 aromatic carbocycles. The summed E-state index contributed by atoms with van der Waals surface area (Å²) in [5.41, 5.74) is 5.19. The molecule has 0 amide bonds.